The number of rotatable bonds is 3. The average Bonchev–Trinajstić information content (AvgIpc) is 3.13. The van der Waals surface area contributed by atoms with Crippen LogP contribution in [0, 0.1) is 0 Å². The summed E-state index contributed by atoms with van der Waals surface area (Å²) in [5.41, 5.74) is 0.902. The molecule has 4 rings (SSSR count). The highest BCUT2D eigenvalue weighted by Gasteiger charge is 2.09. The second-order valence-electron chi connectivity index (χ2n) is 5.71. The average molecular weight is 442 g/mol. The summed E-state index contributed by atoms with van der Waals surface area (Å²) in [6, 6.07) is 26.3. The van der Waals surface area contributed by atoms with Crippen LogP contribution in [-0.4, -0.2) is 16.4 Å². The van der Waals surface area contributed by atoms with Crippen molar-refractivity contribution in [2.75, 3.05) is 6.26 Å². The Labute approximate surface area is 179 Å². The summed E-state index contributed by atoms with van der Waals surface area (Å²) >= 11 is 9.13. The SMILES string of the molecule is CS/C(N=S(c1ccccc1)c1ccccc1)=N\c1nc2ccc(Cl)cc2s1. The molecule has 0 saturated heterocycles. The van der Waals surface area contributed by atoms with Crippen LogP contribution in [0.1, 0.15) is 0 Å². The predicted molar refractivity (Wildman–Crippen MR) is 124 cm³/mol. The van der Waals surface area contributed by atoms with E-state index >= 15 is 0 Å². The lowest BCUT2D eigenvalue weighted by Gasteiger charge is -2.09. The van der Waals surface area contributed by atoms with Gasteiger partial charge >= 0.3 is 0 Å². The van der Waals surface area contributed by atoms with Gasteiger partial charge in [0.1, 0.15) is 0 Å². The molecule has 0 amide bonds. The third-order valence-electron chi connectivity index (χ3n) is 3.82. The lowest BCUT2D eigenvalue weighted by molar-refractivity contribution is 1.37. The highest BCUT2D eigenvalue weighted by molar-refractivity contribution is 8.13. The topological polar surface area (TPSA) is 37.6 Å². The molecule has 0 saturated carbocycles. The lowest BCUT2D eigenvalue weighted by atomic mass is 10.3. The van der Waals surface area contributed by atoms with Crippen molar-refractivity contribution in [1.29, 1.82) is 0 Å². The van der Waals surface area contributed by atoms with Gasteiger partial charge < -0.3 is 0 Å². The predicted octanol–water partition coefficient (Wildman–Crippen LogP) is 7.22. The van der Waals surface area contributed by atoms with Gasteiger partial charge in [-0.15, -0.1) is 0 Å². The number of thiazole rings is 1. The largest absolute Gasteiger partial charge is 0.218 e. The Bertz CT molecular complexity index is 1110. The standard InChI is InChI=1S/C21H16ClN3S3/c1-26-21(24-20-23-18-13-12-15(22)14-19(18)27-20)25-28(16-8-4-2-5-9-16)17-10-6-3-7-11-17/h2-14H,1H3/b24-21-. The quantitative estimate of drug-likeness (QED) is 0.248. The van der Waals surface area contributed by atoms with Crippen LogP contribution in [0.25, 0.3) is 10.2 Å². The van der Waals surface area contributed by atoms with Gasteiger partial charge in [-0.2, -0.15) is 9.36 Å². The molecule has 140 valence electrons. The summed E-state index contributed by atoms with van der Waals surface area (Å²) in [5.74, 6) is 0. The van der Waals surface area contributed by atoms with Gasteiger partial charge in [-0.05, 0) is 59.4 Å². The number of fused-ring (bicyclic) bond motifs is 1. The minimum atomic E-state index is -0.447. The summed E-state index contributed by atoms with van der Waals surface area (Å²) < 4.78 is 6.02. The van der Waals surface area contributed by atoms with E-state index in [1.54, 1.807) is 0 Å². The second kappa shape index (κ2) is 9.01. The number of halogens is 1. The van der Waals surface area contributed by atoms with Gasteiger partial charge in [0.2, 0.25) is 5.13 Å². The molecule has 0 bridgehead atoms. The highest BCUT2D eigenvalue weighted by atomic mass is 35.5. The van der Waals surface area contributed by atoms with E-state index in [0.29, 0.717) is 15.3 Å². The first-order valence-corrected chi connectivity index (χ1v) is 12.1. The molecule has 1 aromatic heterocycles. The van der Waals surface area contributed by atoms with Crippen molar-refractivity contribution in [3.8, 4) is 0 Å². The minimum Gasteiger partial charge on any atom is -0.218 e. The molecule has 0 atom stereocenters. The summed E-state index contributed by atoms with van der Waals surface area (Å²) in [7, 11) is -0.447. The van der Waals surface area contributed by atoms with Crippen LogP contribution in [0.5, 0.6) is 0 Å². The molecule has 1 heterocycles. The lowest BCUT2D eigenvalue weighted by Crippen LogP contribution is -1.97. The number of thioether (sulfide) groups is 1. The maximum atomic E-state index is 6.09. The zero-order valence-corrected chi connectivity index (χ0v) is 18.2. The fourth-order valence-electron chi connectivity index (χ4n) is 2.54. The van der Waals surface area contributed by atoms with Crippen molar-refractivity contribution >= 4 is 65.9 Å². The van der Waals surface area contributed by atoms with Crippen molar-refractivity contribution in [1.82, 2.24) is 4.98 Å². The summed E-state index contributed by atoms with van der Waals surface area (Å²) in [6.45, 7) is 0. The minimum absolute atomic E-state index is 0.447. The molecule has 7 heteroatoms. The molecule has 0 N–H and O–H groups in total. The molecule has 0 aliphatic heterocycles. The van der Waals surface area contributed by atoms with E-state index in [1.807, 2.05) is 60.9 Å². The molecular weight excluding hydrogens is 426 g/mol. The Kier molecular flexibility index (Phi) is 6.22. The molecule has 3 nitrogen and oxygen atoms in total. The maximum Gasteiger partial charge on any atom is 0.212 e. The molecule has 0 unspecified atom stereocenters. The maximum absolute atomic E-state index is 6.09. The molecule has 4 aromatic rings. The summed E-state index contributed by atoms with van der Waals surface area (Å²) in [5, 5.41) is 2.10. The fraction of sp³-hybridized carbons (Fsp3) is 0.0476. The molecule has 0 aliphatic carbocycles. The number of amidine groups is 1. The van der Waals surface area contributed by atoms with Crippen LogP contribution in [0.4, 0.5) is 5.13 Å². The zero-order chi connectivity index (χ0) is 19.3. The highest BCUT2D eigenvalue weighted by Crippen LogP contribution is 2.31. The number of hydrogen-bond donors (Lipinski definition) is 0. The van der Waals surface area contributed by atoms with Gasteiger partial charge in [0.15, 0.2) is 5.17 Å². The van der Waals surface area contributed by atoms with Gasteiger partial charge in [-0.3, -0.25) is 0 Å². The van der Waals surface area contributed by atoms with Gasteiger partial charge in [0.25, 0.3) is 0 Å². The molecule has 0 spiro atoms. The van der Waals surface area contributed by atoms with E-state index in [4.69, 9.17) is 21.0 Å². The Morgan fingerprint density at radius 3 is 2.21 bits per heavy atom. The van der Waals surface area contributed by atoms with Gasteiger partial charge in [-0.1, -0.05) is 71.1 Å². The molecule has 3 aromatic carbocycles. The Hall–Kier alpha value is -1.99. The number of aliphatic imine (C=N–C) groups is 1. The third kappa shape index (κ3) is 4.52. The van der Waals surface area contributed by atoms with Crippen LogP contribution in [0.2, 0.25) is 5.02 Å². The first-order valence-electron chi connectivity index (χ1n) is 8.48. The van der Waals surface area contributed by atoms with Crippen molar-refractivity contribution < 1.29 is 0 Å². The molecule has 0 fully saturated rings. The number of nitrogens with zero attached hydrogens (tertiary/aromatic N) is 3. The number of hydrogen-bond acceptors (Lipinski definition) is 4. The van der Waals surface area contributed by atoms with E-state index in [2.05, 4.69) is 29.2 Å². The fourth-order valence-corrected chi connectivity index (χ4v) is 5.92. The van der Waals surface area contributed by atoms with Crippen LogP contribution >= 0.6 is 34.7 Å². The molecule has 0 aliphatic rings. The molecule has 28 heavy (non-hydrogen) atoms. The summed E-state index contributed by atoms with van der Waals surface area (Å²) in [6.07, 6.45) is 1.99. The number of aromatic nitrogens is 1. The van der Waals surface area contributed by atoms with Crippen molar-refractivity contribution in [2.24, 2.45) is 9.36 Å². The second-order valence-corrected chi connectivity index (χ2v) is 9.62. The van der Waals surface area contributed by atoms with Crippen LogP contribution in [-0.2, 0) is 10.7 Å². The molecular formula is C21H16ClN3S3. The van der Waals surface area contributed by atoms with E-state index in [9.17, 15) is 0 Å². The zero-order valence-electron chi connectivity index (χ0n) is 14.9. The van der Waals surface area contributed by atoms with E-state index in [0.717, 1.165) is 20.0 Å². The summed E-state index contributed by atoms with van der Waals surface area (Å²) in [4.78, 5) is 11.6. The van der Waals surface area contributed by atoms with Crippen LogP contribution in [0.3, 0.4) is 0 Å². The normalized spacial score (nSPS) is 11.9. The first-order chi connectivity index (χ1) is 13.7. The first kappa shape index (κ1) is 19.3. The van der Waals surface area contributed by atoms with Crippen molar-refractivity contribution in [3.63, 3.8) is 0 Å². The monoisotopic (exact) mass is 441 g/mol. The van der Waals surface area contributed by atoms with Crippen molar-refractivity contribution in [2.45, 2.75) is 9.79 Å². The smallest absolute Gasteiger partial charge is 0.212 e. The van der Waals surface area contributed by atoms with Gasteiger partial charge in [-0.25, -0.2) is 4.98 Å². The van der Waals surface area contributed by atoms with Crippen LogP contribution in [0.15, 0.2) is 98.0 Å². The van der Waals surface area contributed by atoms with E-state index in [-0.39, 0.29) is 0 Å². The van der Waals surface area contributed by atoms with E-state index in [1.165, 1.54) is 23.1 Å². The molecule has 0 radical (unpaired) electrons. The van der Waals surface area contributed by atoms with Gasteiger partial charge in [0, 0.05) is 14.8 Å². The number of benzene rings is 3. The van der Waals surface area contributed by atoms with Crippen LogP contribution < -0.4 is 0 Å². The van der Waals surface area contributed by atoms with E-state index < -0.39 is 10.7 Å². The van der Waals surface area contributed by atoms with Crippen molar-refractivity contribution in [3.05, 3.63) is 83.9 Å². The van der Waals surface area contributed by atoms with Gasteiger partial charge in [0.05, 0.1) is 10.2 Å². The Morgan fingerprint density at radius 2 is 1.61 bits per heavy atom. The Balaban J connectivity index is 1.79. The third-order valence-corrected chi connectivity index (χ3v) is 7.42. The Morgan fingerprint density at radius 1 is 0.964 bits per heavy atom.